The SMILES string of the molecule is CCC(C(=O)OC)n1nc(-c2cc(C)c(C)cc2C)ccc1=O. The number of hydrogen-bond acceptors (Lipinski definition) is 4. The van der Waals surface area contributed by atoms with Gasteiger partial charge in [-0.25, -0.2) is 9.48 Å². The summed E-state index contributed by atoms with van der Waals surface area (Å²) in [6.45, 7) is 7.93. The molecule has 5 heteroatoms. The molecule has 0 radical (unpaired) electrons. The number of methoxy groups -OCH3 is 1. The van der Waals surface area contributed by atoms with Crippen LogP contribution in [0.2, 0.25) is 0 Å². The highest BCUT2D eigenvalue weighted by atomic mass is 16.5. The van der Waals surface area contributed by atoms with Crippen LogP contribution in [0.3, 0.4) is 0 Å². The van der Waals surface area contributed by atoms with Crippen LogP contribution in [0.4, 0.5) is 0 Å². The van der Waals surface area contributed by atoms with Gasteiger partial charge in [0, 0.05) is 11.6 Å². The molecule has 1 heterocycles. The van der Waals surface area contributed by atoms with Crippen LogP contribution in [-0.4, -0.2) is 22.9 Å². The fraction of sp³-hybridized carbons (Fsp3) is 0.389. The molecule has 0 saturated carbocycles. The van der Waals surface area contributed by atoms with Crippen LogP contribution in [0, 0.1) is 20.8 Å². The van der Waals surface area contributed by atoms with Gasteiger partial charge in [0.15, 0.2) is 6.04 Å². The summed E-state index contributed by atoms with van der Waals surface area (Å²) >= 11 is 0. The minimum atomic E-state index is -0.709. The van der Waals surface area contributed by atoms with Crippen LogP contribution >= 0.6 is 0 Å². The van der Waals surface area contributed by atoms with Crippen molar-refractivity contribution in [3.8, 4) is 11.3 Å². The van der Waals surface area contributed by atoms with Crippen molar-refractivity contribution in [1.82, 2.24) is 9.78 Å². The maximum atomic E-state index is 12.1. The Labute approximate surface area is 135 Å². The van der Waals surface area contributed by atoms with Crippen molar-refractivity contribution in [2.24, 2.45) is 0 Å². The van der Waals surface area contributed by atoms with Crippen LogP contribution in [0.25, 0.3) is 11.3 Å². The fourth-order valence-corrected chi connectivity index (χ4v) is 2.60. The third-order valence-corrected chi connectivity index (χ3v) is 4.10. The minimum Gasteiger partial charge on any atom is -0.467 e. The van der Waals surface area contributed by atoms with Crippen LogP contribution < -0.4 is 5.56 Å². The van der Waals surface area contributed by atoms with Crippen molar-refractivity contribution in [3.63, 3.8) is 0 Å². The van der Waals surface area contributed by atoms with E-state index in [-0.39, 0.29) is 5.56 Å². The van der Waals surface area contributed by atoms with E-state index in [0.717, 1.165) is 16.7 Å². The maximum absolute atomic E-state index is 12.1. The van der Waals surface area contributed by atoms with Crippen molar-refractivity contribution in [1.29, 1.82) is 0 Å². The summed E-state index contributed by atoms with van der Waals surface area (Å²) in [5.74, 6) is -0.462. The van der Waals surface area contributed by atoms with E-state index < -0.39 is 12.0 Å². The first kappa shape index (κ1) is 16.9. The van der Waals surface area contributed by atoms with E-state index in [1.807, 2.05) is 20.8 Å². The second kappa shape index (κ2) is 6.77. The lowest BCUT2D eigenvalue weighted by atomic mass is 9.99. The topological polar surface area (TPSA) is 61.2 Å². The van der Waals surface area contributed by atoms with Crippen molar-refractivity contribution in [3.05, 3.63) is 51.3 Å². The van der Waals surface area contributed by atoms with E-state index in [2.05, 4.69) is 24.2 Å². The second-order valence-electron chi connectivity index (χ2n) is 5.70. The average molecular weight is 314 g/mol. The van der Waals surface area contributed by atoms with Crippen LogP contribution in [-0.2, 0) is 9.53 Å². The highest BCUT2D eigenvalue weighted by Crippen LogP contribution is 2.24. The largest absolute Gasteiger partial charge is 0.467 e. The van der Waals surface area contributed by atoms with Gasteiger partial charge in [-0.3, -0.25) is 4.79 Å². The summed E-state index contributed by atoms with van der Waals surface area (Å²) in [5.41, 5.74) is 4.77. The minimum absolute atomic E-state index is 0.313. The van der Waals surface area contributed by atoms with Crippen LogP contribution in [0.5, 0.6) is 0 Å². The van der Waals surface area contributed by atoms with E-state index in [1.54, 1.807) is 6.07 Å². The zero-order chi connectivity index (χ0) is 17.1. The molecular weight excluding hydrogens is 292 g/mol. The molecule has 1 atom stereocenters. The molecule has 0 aliphatic heterocycles. The Bertz CT molecular complexity index is 793. The average Bonchev–Trinajstić information content (AvgIpc) is 2.53. The Morgan fingerprint density at radius 1 is 1.17 bits per heavy atom. The third kappa shape index (κ3) is 3.33. The lowest BCUT2D eigenvalue weighted by Gasteiger charge is -2.16. The number of ether oxygens (including phenoxy) is 1. The molecule has 0 fully saturated rings. The number of benzene rings is 1. The molecule has 0 N–H and O–H groups in total. The van der Waals surface area contributed by atoms with Crippen molar-refractivity contribution >= 4 is 5.97 Å². The normalized spacial score (nSPS) is 12.0. The molecular formula is C18H22N2O3. The number of carbonyl (C=O) groups is 1. The predicted octanol–water partition coefficient (Wildman–Crippen LogP) is 2.96. The maximum Gasteiger partial charge on any atom is 0.330 e. The van der Waals surface area contributed by atoms with E-state index in [1.165, 1.54) is 23.4 Å². The smallest absolute Gasteiger partial charge is 0.330 e. The Kier molecular flexibility index (Phi) is 4.98. The molecule has 0 spiro atoms. The molecule has 2 aromatic rings. The van der Waals surface area contributed by atoms with E-state index in [0.29, 0.717) is 12.1 Å². The highest BCUT2D eigenvalue weighted by molar-refractivity contribution is 5.74. The zero-order valence-electron chi connectivity index (χ0n) is 14.2. The predicted molar refractivity (Wildman–Crippen MR) is 89.5 cm³/mol. The first-order valence-corrected chi connectivity index (χ1v) is 7.65. The summed E-state index contributed by atoms with van der Waals surface area (Å²) in [6.07, 6.45) is 0.439. The number of aryl methyl sites for hydroxylation is 3. The number of hydrogen-bond donors (Lipinski definition) is 0. The second-order valence-corrected chi connectivity index (χ2v) is 5.70. The highest BCUT2D eigenvalue weighted by Gasteiger charge is 2.22. The van der Waals surface area contributed by atoms with Crippen molar-refractivity contribution in [2.45, 2.75) is 40.2 Å². The standard InChI is InChI=1S/C18H22N2O3/c1-6-16(18(22)23-5)20-17(21)8-7-15(19-20)14-10-12(3)11(2)9-13(14)4/h7-10,16H,6H2,1-5H3. The van der Waals surface area contributed by atoms with Crippen LogP contribution in [0.1, 0.15) is 36.1 Å². The van der Waals surface area contributed by atoms with Gasteiger partial charge in [-0.05, 0) is 56.0 Å². The Hall–Kier alpha value is -2.43. The molecule has 122 valence electrons. The van der Waals surface area contributed by atoms with Gasteiger partial charge in [-0.15, -0.1) is 0 Å². The molecule has 0 amide bonds. The molecule has 0 bridgehead atoms. The Morgan fingerprint density at radius 2 is 1.83 bits per heavy atom. The van der Waals surface area contributed by atoms with Crippen molar-refractivity contribution < 1.29 is 9.53 Å². The summed E-state index contributed by atoms with van der Waals surface area (Å²) in [6, 6.07) is 6.59. The molecule has 1 aromatic heterocycles. The monoisotopic (exact) mass is 314 g/mol. The Balaban J connectivity index is 2.59. The number of carbonyl (C=O) groups excluding carboxylic acids is 1. The van der Waals surface area contributed by atoms with E-state index in [9.17, 15) is 9.59 Å². The zero-order valence-corrected chi connectivity index (χ0v) is 14.2. The molecule has 2 rings (SSSR count). The number of aromatic nitrogens is 2. The van der Waals surface area contributed by atoms with Gasteiger partial charge in [0.25, 0.3) is 5.56 Å². The lowest BCUT2D eigenvalue weighted by molar-refractivity contribution is -0.145. The van der Waals surface area contributed by atoms with Crippen molar-refractivity contribution in [2.75, 3.05) is 7.11 Å². The molecule has 5 nitrogen and oxygen atoms in total. The molecule has 0 aliphatic carbocycles. The first-order chi connectivity index (χ1) is 10.9. The number of esters is 1. The lowest BCUT2D eigenvalue weighted by Crippen LogP contribution is -2.32. The molecule has 23 heavy (non-hydrogen) atoms. The van der Waals surface area contributed by atoms with Gasteiger partial charge in [-0.1, -0.05) is 13.0 Å². The number of nitrogens with zero attached hydrogens (tertiary/aromatic N) is 2. The van der Waals surface area contributed by atoms with Gasteiger partial charge < -0.3 is 4.74 Å². The summed E-state index contributed by atoms with van der Waals surface area (Å²) < 4.78 is 6.00. The molecule has 1 aromatic carbocycles. The summed E-state index contributed by atoms with van der Waals surface area (Å²) in [4.78, 5) is 24.0. The third-order valence-electron chi connectivity index (χ3n) is 4.10. The quantitative estimate of drug-likeness (QED) is 0.814. The molecule has 1 unspecified atom stereocenters. The van der Waals surface area contributed by atoms with Gasteiger partial charge >= 0.3 is 5.97 Å². The Morgan fingerprint density at radius 3 is 2.43 bits per heavy atom. The van der Waals surface area contributed by atoms with Gasteiger partial charge in [-0.2, -0.15) is 5.10 Å². The van der Waals surface area contributed by atoms with Gasteiger partial charge in [0.1, 0.15) is 0 Å². The fourth-order valence-electron chi connectivity index (χ4n) is 2.60. The van der Waals surface area contributed by atoms with E-state index >= 15 is 0 Å². The number of rotatable bonds is 4. The molecule has 0 saturated heterocycles. The molecule has 0 aliphatic rings. The van der Waals surface area contributed by atoms with Crippen LogP contribution in [0.15, 0.2) is 29.1 Å². The van der Waals surface area contributed by atoms with Gasteiger partial charge in [0.2, 0.25) is 0 Å². The summed E-state index contributed by atoms with van der Waals surface area (Å²) in [7, 11) is 1.31. The summed E-state index contributed by atoms with van der Waals surface area (Å²) in [5, 5.41) is 4.42. The van der Waals surface area contributed by atoms with Gasteiger partial charge in [0.05, 0.1) is 12.8 Å². The first-order valence-electron chi connectivity index (χ1n) is 7.65. The van der Waals surface area contributed by atoms with E-state index in [4.69, 9.17) is 4.74 Å².